The number of pyridine rings is 1. The molecule has 0 aromatic carbocycles. The van der Waals surface area contributed by atoms with E-state index in [0.717, 1.165) is 30.7 Å². The van der Waals surface area contributed by atoms with Crippen LogP contribution in [0, 0.1) is 5.92 Å². The lowest BCUT2D eigenvalue weighted by molar-refractivity contribution is -0.119. The van der Waals surface area contributed by atoms with Gasteiger partial charge < -0.3 is 16.8 Å². The molecule has 1 aliphatic carbocycles. The van der Waals surface area contributed by atoms with Gasteiger partial charge in [-0.15, -0.1) is 0 Å². The van der Waals surface area contributed by atoms with E-state index in [2.05, 4.69) is 20.5 Å². The predicted molar refractivity (Wildman–Crippen MR) is 103 cm³/mol. The number of allylic oxidation sites excluding steroid dienone is 3. The molecule has 7 heteroatoms. The van der Waals surface area contributed by atoms with Crippen molar-refractivity contribution in [3.63, 3.8) is 0 Å². The lowest BCUT2D eigenvalue weighted by atomic mass is 9.99. The summed E-state index contributed by atoms with van der Waals surface area (Å²) >= 11 is 0. The first kappa shape index (κ1) is 18.6. The normalized spacial score (nSPS) is 20.4. The minimum atomic E-state index is -0.210. The second-order valence-electron chi connectivity index (χ2n) is 6.69. The molecular formula is C20H24N6O. The first-order chi connectivity index (χ1) is 13.1. The SMILES string of the molecule is N/C(=C\C=C(/N)NC(=O)Cc1ccccn1)C1CCC(c2cccnn2)C1. The molecule has 7 nitrogen and oxygen atoms in total. The molecule has 3 rings (SSSR count). The average Bonchev–Trinajstić information content (AvgIpc) is 3.18. The number of nitrogens with two attached hydrogens (primary N) is 2. The van der Waals surface area contributed by atoms with Crippen molar-refractivity contribution in [3.8, 4) is 0 Å². The monoisotopic (exact) mass is 364 g/mol. The first-order valence-corrected chi connectivity index (χ1v) is 9.02. The van der Waals surface area contributed by atoms with Crippen molar-refractivity contribution in [1.29, 1.82) is 0 Å². The second kappa shape index (κ2) is 8.93. The lowest BCUT2D eigenvalue weighted by Gasteiger charge is -2.11. The number of amides is 1. The summed E-state index contributed by atoms with van der Waals surface area (Å²) in [6, 6.07) is 9.36. The summed E-state index contributed by atoms with van der Waals surface area (Å²) in [7, 11) is 0. The van der Waals surface area contributed by atoms with Crippen LogP contribution in [0.25, 0.3) is 0 Å². The van der Waals surface area contributed by atoms with Gasteiger partial charge in [-0.2, -0.15) is 10.2 Å². The molecule has 0 saturated heterocycles. The Bertz CT molecular complexity index is 819. The third-order valence-electron chi connectivity index (χ3n) is 4.72. The van der Waals surface area contributed by atoms with Crippen LogP contribution in [0.5, 0.6) is 0 Å². The van der Waals surface area contributed by atoms with Crippen LogP contribution in [0.4, 0.5) is 0 Å². The third kappa shape index (κ3) is 5.37. The van der Waals surface area contributed by atoms with Crippen LogP contribution >= 0.6 is 0 Å². The molecule has 0 bridgehead atoms. The van der Waals surface area contributed by atoms with E-state index in [0.29, 0.717) is 11.6 Å². The summed E-state index contributed by atoms with van der Waals surface area (Å²) in [6.07, 6.45) is 9.92. The number of hydrogen-bond donors (Lipinski definition) is 3. The maximum Gasteiger partial charge on any atom is 0.231 e. The fraction of sp³-hybridized carbons (Fsp3) is 0.300. The van der Waals surface area contributed by atoms with E-state index in [4.69, 9.17) is 11.5 Å². The van der Waals surface area contributed by atoms with Crippen molar-refractivity contribution in [2.24, 2.45) is 17.4 Å². The Morgan fingerprint density at radius 2 is 2.04 bits per heavy atom. The molecule has 5 N–H and O–H groups in total. The molecule has 2 unspecified atom stereocenters. The van der Waals surface area contributed by atoms with Crippen LogP contribution in [-0.2, 0) is 11.2 Å². The number of nitrogens with zero attached hydrogens (tertiary/aromatic N) is 3. The summed E-state index contributed by atoms with van der Waals surface area (Å²) in [6.45, 7) is 0. The summed E-state index contributed by atoms with van der Waals surface area (Å²) < 4.78 is 0. The Morgan fingerprint density at radius 1 is 1.15 bits per heavy atom. The number of nitrogens with one attached hydrogen (secondary N) is 1. The zero-order chi connectivity index (χ0) is 19.1. The third-order valence-corrected chi connectivity index (χ3v) is 4.72. The molecule has 1 amide bonds. The largest absolute Gasteiger partial charge is 0.402 e. The molecule has 140 valence electrons. The van der Waals surface area contributed by atoms with Crippen LogP contribution < -0.4 is 16.8 Å². The predicted octanol–water partition coefficient (Wildman–Crippen LogP) is 1.76. The average molecular weight is 364 g/mol. The van der Waals surface area contributed by atoms with Crippen molar-refractivity contribution >= 4 is 5.91 Å². The quantitative estimate of drug-likeness (QED) is 0.672. The molecule has 0 radical (unpaired) electrons. The van der Waals surface area contributed by atoms with Crippen LogP contribution in [0.15, 0.2) is 66.4 Å². The van der Waals surface area contributed by atoms with Gasteiger partial charge in [0, 0.05) is 29.7 Å². The van der Waals surface area contributed by atoms with Gasteiger partial charge in [0.05, 0.1) is 12.1 Å². The number of carbonyl (C=O) groups excluding carboxylic acids is 1. The van der Waals surface area contributed by atoms with Gasteiger partial charge in [-0.3, -0.25) is 9.78 Å². The van der Waals surface area contributed by atoms with E-state index >= 15 is 0 Å². The van der Waals surface area contributed by atoms with Gasteiger partial charge in [-0.1, -0.05) is 6.07 Å². The zero-order valence-electron chi connectivity index (χ0n) is 15.1. The topological polar surface area (TPSA) is 120 Å². The molecule has 27 heavy (non-hydrogen) atoms. The van der Waals surface area contributed by atoms with Gasteiger partial charge in [0.15, 0.2) is 0 Å². The van der Waals surface area contributed by atoms with E-state index in [1.54, 1.807) is 36.7 Å². The highest BCUT2D eigenvalue weighted by Gasteiger charge is 2.28. The molecule has 2 aromatic rings. The summed E-state index contributed by atoms with van der Waals surface area (Å²) in [4.78, 5) is 16.1. The van der Waals surface area contributed by atoms with Gasteiger partial charge >= 0.3 is 0 Å². The van der Waals surface area contributed by atoms with Gasteiger partial charge in [-0.25, -0.2) is 0 Å². The van der Waals surface area contributed by atoms with Gasteiger partial charge in [0.1, 0.15) is 5.82 Å². The van der Waals surface area contributed by atoms with Crippen LogP contribution in [0.3, 0.4) is 0 Å². The number of hydrogen-bond acceptors (Lipinski definition) is 6. The lowest BCUT2D eigenvalue weighted by Crippen LogP contribution is -2.29. The highest BCUT2D eigenvalue weighted by molar-refractivity contribution is 5.79. The Hall–Kier alpha value is -3.22. The Morgan fingerprint density at radius 3 is 2.78 bits per heavy atom. The summed E-state index contributed by atoms with van der Waals surface area (Å²) in [5.41, 5.74) is 14.6. The van der Waals surface area contributed by atoms with Crippen molar-refractivity contribution in [2.75, 3.05) is 0 Å². The Labute approximate surface area is 158 Å². The molecule has 0 aliphatic heterocycles. The van der Waals surface area contributed by atoms with Crippen LogP contribution in [0.1, 0.15) is 36.6 Å². The maximum atomic E-state index is 12.0. The number of rotatable bonds is 6. The summed E-state index contributed by atoms with van der Waals surface area (Å²) in [5.74, 6) is 0.723. The fourth-order valence-corrected chi connectivity index (χ4v) is 3.32. The minimum absolute atomic E-state index is 0.178. The Kier molecular flexibility index (Phi) is 6.14. The molecule has 1 fully saturated rings. The van der Waals surface area contributed by atoms with Crippen molar-refractivity contribution in [3.05, 3.63) is 77.8 Å². The van der Waals surface area contributed by atoms with Gasteiger partial charge in [0.2, 0.25) is 5.91 Å². The number of aromatic nitrogens is 3. The van der Waals surface area contributed by atoms with Gasteiger partial charge in [-0.05, 0) is 61.6 Å². The molecular weight excluding hydrogens is 340 g/mol. The summed E-state index contributed by atoms with van der Waals surface area (Å²) in [5, 5.41) is 10.8. The molecule has 1 aliphatic rings. The molecule has 2 aromatic heterocycles. The van der Waals surface area contributed by atoms with E-state index in [9.17, 15) is 4.79 Å². The molecule has 1 saturated carbocycles. The smallest absolute Gasteiger partial charge is 0.231 e. The van der Waals surface area contributed by atoms with Crippen LogP contribution in [-0.4, -0.2) is 21.1 Å². The molecule has 2 atom stereocenters. The fourth-order valence-electron chi connectivity index (χ4n) is 3.32. The molecule has 2 heterocycles. The second-order valence-corrected chi connectivity index (χ2v) is 6.69. The van der Waals surface area contributed by atoms with E-state index in [1.807, 2.05) is 18.2 Å². The van der Waals surface area contributed by atoms with Crippen molar-refractivity contribution < 1.29 is 4.79 Å². The number of carbonyl (C=O) groups is 1. The highest BCUT2D eigenvalue weighted by atomic mass is 16.1. The standard InChI is InChI=1S/C20H24N6O/c21-17(14-6-7-15(12-14)18-5-3-11-24-26-18)8-9-19(22)25-20(27)13-16-4-1-2-10-23-16/h1-5,8-11,14-15H,6-7,12-13,21-22H2,(H,25,27)/b17-8-,19-9+. The maximum absolute atomic E-state index is 12.0. The van der Waals surface area contributed by atoms with E-state index < -0.39 is 0 Å². The van der Waals surface area contributed by atoms with Crippen molar-refractivity contribution in [2.45, 2.75) is 31.6 Å². The first-order valence-electron chi connectivity index (χ1n) is 9.02. The van der Waals surface area contributed by atoms with E-state index in [1.165, 1.54) is 0 Å². The van der Waals surface area contributed by atoms with E-state index in [-0.39, 0.29) is 24.1 Å². The molecule has 0 spiro atoms. The van der Waals surface area contributed by atoms with Crippen LogP contribution in [0.2, 0.25) is 0 Å². The minimum Gasteiger partial charge on any atom is -0.402 e. The van der Waals surface area contributed by atoms with Gasteiger partial charge in [0.25, 0.3) is 0 Å². The highest BCUT2D eigenvalue weighted by Crippen LogP contribution is 2.39. The Balaban J connectivity index is 1.52. The van der Waals surface area contributed by atoms with Crippen molar-refractivity contribution in [1.82, 2.24) is 20.5 Å². The zero-order valence-corrected chi connectivity index (χ0v) is 15.1.